The minimum absolute atomic E-state index is 0.0254. The van der Waals surface area contributed by atoms with E-state index in [0.29, 0.717) is 12.5 Å². The number of nitrogens with one attached hydrogen (secondary N) is 1. The van der Waals surface area contributed by atoms with Crippen LogP contribution in [0, 0.1) is 11.8 Å². The van der Waals surface area contributed by atoms with Crippen LogP contribution in [-0.4, -0.2) is 34.8 Å². The van der Waals surface area contributed by atoms with Crippen molar-refractivity contribution in [1.82, 2.24) is 5.32 Å². The topological polar surface area (TPSA) is 32.3 Å². The molecule has 3 heteroatoms. The van der Waals surface area contributed by atoms with Crippen LogP contribution in [0.3, 0.4) is 0 Å². The van der Waals surface area contributed by atoms with Crippen LogP contribution in [0.1, 0.15) is 59.8 Å². The lowest BCUT2D eigenvalue weighted by atomic mass is 9.85. The van der Waals surface area contributed by atoms with Gasteiger partial charge in [-0.15, -0.1) is 0 Å². The predicted molar refractivity (Wildman–Crippen MR) is 86.8 cm³/mol. The van der Waals surface area contributed by atoms with Gasteiger partial charge < -0.3 is 10.4 Å². The van der Waals surface area contributed by atoms with Crippen LogP contribution < -0.4 is 5.32 Å². The fraction of sp³-hybridized carbons (Fsp3) is 1.00. The summed E-state index contributed by atoms with van der Waals surface area (Å²) < 4.78 is 0. The third-order valence-corrected chi connectivity index (χ3v) is 6.29. The molecule has 3 unspecified atom stereocenters. The Morgan fingerprint density at radius 2 is 2.11 bits per heavy atom. The van der Waals surface area contributed by atoms with E-state index in [0.717, 1.165) is 30.6 Å². The summed E-state index contributed by atoms with van der Waals surface area (Å²) in [6.07, 6.45) is 6.10. The van der Waals surface area contributed by atoms with Gasteiger partial charge in [0.05, 0.1) is 6.61 Å². The standard InChI is InChI=1S/C16H33NOS/c1-5-10-17-16(12-18)9-6-7-15(16)8-11-19-14(4)13(2)3/h13-15,17-18H,5-12H2,1-4H3. The zero-order valence-corrected chi connectivity index (χ0v) is 14.1. The van der Waals surface area contributed by atoms with Gasteiger partial charge in [-0.05, 0) is 49.8 Å². The molecular weight excluding hydrogens is 254 g/mol. The summed E-state index contributed by atoms with van der Waals surface area (Å²) in [6.45, 7) is 10.5. The van der Waals surface area contributed by atoms with E-state index < -0.39 is 0 Å². The first-order valence-electron chi connectivity index (χ1n) is 8.03. The first-order valence-corrected chi connectivity index (χ1v) is 9.08. The molecule has 2 N–H and O–H groups in total. The minimum Gasteiger partial charge on any atom is -0.394 e. The molecule has 114 valence electrons. The highest BCUT2D eigenvalue weighted by Gasteiger charge is 2.41. The second kappa shape index (κ2) is 8.53. The lowest BCUT2D eigenvalue weighted by Crippen LogP contribution is -2.51. The summed E-state index contributed by atoms with van der Waals surface area (Å²) in [7, 11) is 0. The van der Waals surface area contributed by atoms with Gasteiger partial charge in [-0.1, -0.05) is 34.1 Å². The van der Waals surface area contributed by atoms with E-state index in [1.54, 1.807) is 0 Å². The monoisotopic (exact) mass is 287 g/mol. The molecule has 1 aliphatic carbocycles. The molecule has 0 bridgehead atoms. The van der Waals surface area contributed by atoms with Crippen molar-refractivity contribution in [2.75, 3.05) is 18.9 Å². The van der Waals surface area contributed by atoms with Crippen LogP contribution in [0.4, 0.5) is 0 Å². The second-order valence-corrected chi connectivity index (χ2v) is 7.92. The van der Waals surface area contributed by atoms with Crippen molar-refractivity contribution < 1.29 is 5.11 Å². The Kier molecular flexibility index (Phi) is 7.78. The molecule has 0 heterocycles. The molecule has 0 aromatic rings. The molecule has 0 aromatic carbocycles. The average Bonchev–Trinajstić information content (AvgIpc) is 2.79. The first kappa shape index (κ1) is 17.3. The molecule has 1 fully saturated rings. The van der Waals surface area contributed by atoms with Gasteiger partial charge >= 0.3 is 0 Å². The first-order chi connectivity index (χ1) is 9.05. The van der Waals surface area contributed by atoms with E-state index in [1.165, 1.54) is 25.0 Å². The van der Waals surface area contributed by atoms with Gasteiger partial charge in [0.25, 0.3) is 0 Å². The molecule has 0 aromatic heterocycles. The molecule has 1 saturated carbocycles. The summed E-state index contributed by atoms with van der Waals surface area (Å²) in [5.41, 5.74) is 0.0254. The maximum atomic E-state index is 9.84. The Bertz CT molecular complexity index is 247. The van der Waals surface area contributed by atoms with Crippen molar-refractivity contribution in [3.8, 4) is 0 Å². The number of thioether (sulfide) groups is 1. The van der Waals surface area contributed by atoms with Gasteiger partial charge in [0.2, 0.25) is 0 Å². The Morgan fingerprint density at radius 1 is 1.37 bits per heavy atom. The van der Waals surface area contributed by atoms with Crippen molar-refractivity contribution in [1.29, 1.82) is 0 Å². The summed E-state index contributed by atoms with van der Waals surface area (Å²) in [5.74, 6) is 2.66. The van der Waals surface area contributed by atoms with Gasteiger partial charge in [-0.3, -0.25) is 0 Å². The van der Waals surface area contributed by atoms with Gasteiger partial charge in [0.1, 0.15) is 0 Å². The predicted octanol–water partition coefficient (Wildman–Crippen LogP) is 3.69. The van der Waals surface area contributed by atoms with E-state index in [9.17, 15) is 5.11 Å². The summed E-state index contributed by atoms with van der Waals surface area (Å²) in [5, 5.41) is 14.2. The van der Waals surface area contributed by atoms with Crippen LogP contribution >= 0.6 is 11.8 Å². The van der Waals surface area contributed by atoms with Crippen molar-refractivity contribution in [2.45, 2.75) is 70.6 Å². The van der Waals surface area contributed by atoms with Gasteiger partial charge in [0, 0.05) is 10.8 Å². The SMILES string of the molecule is CCCNC1(CO)CCCC1CCSC(C)C(C)C. The number of hydrogen-bond acceptors (Lipinski definition) is 3. The van der Waals surface area contributed by atoms with E-state index >= 15 is 0 Å². The van der Waals surface area contributed by atoms with Crippen LogP contribution in [-0.2, 0) is 0 Å². The molecule has 0 aliphatic heterocycles. The molecule has 1 aliphatic rings. The van der Waals surface area contributed by atoms with E-state index in [-0.39, 0.29) is 5.54 Å². The van der Waals surface area contributed by atoms with Crippen LogP contribution in [0.2, 0.25) is 0 Å². The van der Waals surface area contributed by atoms with E-state index in [1.807, 2.05) is 0 Å². The zero-order chi connectivity index (χ0) is 14.3. The lowest BCUT2D eigenvalue weighted by molar-refractivity contribution is 0.122. The molecule has 19 heavy (non-hydrogen) atoms. The van der Waals surface area contributed by atoms with Crippen molar-refractivity contribution in [3.05, 3.63) is 0 Å². The third kappa shape index (κ3) is 4.95. The molecule has 0 amide bonds. The van der Waals surface area contributed by atoms with Crippen LogP contribution in [0.25, 0.3) is 0 Å². The summed E-state index contributed by atoms with van der Waals surface area (Å²) in [4.78, 5) is 0. The molecule has 0 spiro atoms. The fourth-order valence-electron chi connectivity index (χ4n) is 3.02. The van der Waals surface area contributed by atoms with Gasteiger partial charge in [-0.25, -0.2) is 0 Å². The molecule has 2 nitrogen and oxygen atoms in total. The highest BCUT2D eigenvalue weighted by molar-refractivity contribution is 7.99. The molecule has 1 rings (SSSR count). The quantitative estimate of drug-likeness (QED) is 0.678. The number of hydrogen-bond donors (Lipinski definition) is 2. The molecular formula is C16H33NOS. The van der Waals surface area contributed by atoms with E-state index in [2.05, 4.69) is 44.8 Å². The Morgan fingerprint density at radius 3 is 2.68 bits per heavy atom. The van der Waals surface area contributed by atoms with Crippen molar-refractivity contribution in [3.63, 3.8) is 0 Å². The van der Waals surface area contributed by atoms with Crippen molar-refractivity contribution >= 4 is 11.8 Å². The van der Waals surface area contributed by atoms with Gasteiger partial charge in [0.15, 0.2) is 0 Å². The smallest absolute Gasteiger partial charge is 0.0616 e. The molecule has 0 radical (unpaired) electrons. The highest BCUT2D eigenvalue weighted by atomic mass is 32.2. The largest absolute Gasteiger partial charge is 0.394 e. The minimum atomic E-state index is 0.0254. The maximum absolute atomic E-state index is 9.84. The Hall–Kier alpha value is 0.270. The van der Waals surface area contributed by atoms with E-state index in [4.69, 9.17) is 0 Å². The van der Waals surface area contributed by atoms with Crippen LogP contribution in [0.5, 0.6) is 0 Å². The maximum Gasteiger partial charge on any atom is 0.0616 e. The fourth-order valence-corrected chi connectivity index (χ4v) is 4.20. The zero-order valence-electron chi connectivity index (χ0n) is 13.2. The summed E-state index contributed by atoms with van der Waals surface area (Å²) in [6, 6.07) is 0. The summed E-state index contributed by atoms with van der Waals surface area (Å²) >= 11 is 2.10. The number of aliphatic hydroxyl groups is 1. The Labute approximate surface area is 124 Å². The normalized spacial score (nSPS) is 29.1. The number of aliphatic hydroxyl groups excluding tert-OH is 1. The Balaban J connectivity index is 2.42. The molecule has 3 atom stereocenters. The highest BCUT2D eigenvalue weighted by Crippen LogP contribution is 2.38. The average molecular weight is 288 g/mol. The lowest BCUT2D eigenvalue weighted by Gasteiger charge is -2.35. The van der Waals surface area contributed by atoms with Crippen LogP contribution in [0.15, 0.2) is 0 Å². The third-order valence-electron chi connectivity index (χ3n) is 4.75. The second-order valence-electron chi connectivity index (χ2n) is 6.44. The number of rotatable bonds is 9. The van der Waals surface area contributed by atoms with Gasteiger partial charge in [-0.2, -0.15) is 11.8 Å². The molecule has 0 saturated heterocycles. The van der Waals surface area contributed by atoms with Crippen molar-refractivity contribution in [2.24, 2.45) is 11.8 Å².